The second-order valence-corrected chi connectivity index (χ2v) is 7.80. The number of carbonyl (C=O) groups excluding carboxylic acids is 1. The van der Waals surface area contributed by atoms with Gasteiger partial charge in [0.1, 0.15) is 0 Å². The topological polar surface area (TPSA) is 66.5 Å². The highest BCUT2D eigenvalue weighted by Gasteiger charge is 2.34. The summed E-state index contributed by atoms with van der Waals surface area (Å²) >= 11 is 0. The van der Waals surface area contributed by atoms with Gasteiger partial charge in [0.15, 0.2) is 0 Å². The molecule has 1 saturated heterocycles. The third kappa shape index (κ3) is 3.69. The first-order valence-corrected chi connectivity index (χ1v) is 8.83. The average molecular weight is 288 g/mol. The molecule has 0 aromatic rings. The molecule has 2 aliphatic rings. The third-order valence-electron chi connectivity index (χ3n) is 4.42. The van der Waals surface area contributed by atoms with Gasteiger partial charge in [0.05, 0.1) is 11.7 Å². The number of nitrogens with zero attached hydrogens (tertiary/aromatic N) is 1. The zero-order valence-corrected chi connectivity index (χ0v) is 12.4. The van der Waals surface area contributed by atoms with Crippen molar-refractivity contribution in [1.29, 1.82) is 0 Å². The molecule has 1 amide bonds. The Hall–Kier alpha value is -0.620. The monoisotopic (exact) mass is 288 g/mol. The second kappa shape index (κ2) is 6.22. The summed E-state index contributed by atoms with van der Waals surface area (Å²) in [5.41, 5.74) is 0. The molecule has 0 spiro atoms. The summed E-state index contributed by atoms with van der Waals surface area (Å²) in [7, 11) is -1.57. The molecule has 19 heavy (non-hydrogen) atoms. The summed E-state index contributed by atoms with van der Waals surface area (Å²) in [6.07, 6.45) is 6.26. The molecule has 110 valence electrons. The Bertz CT molecular complexity index is 416. The molecule has 0 unspecified atom stereocenters. The van der Waals surface area contributed by atoms with Gasteiger partial charge in [-0.2, -0.15) is 0 Å². The van der Waals surface area contributed by atoms with Gasteiger partial charge in [-0.3, -0.25) is 4.79 Å². The highest BCUT2D eigenvalue weighted by Crippen LogP contribution is 2.29. The molecule has 1 N–H and O–H groups in total. The summed E-state index contributed by atoms with van der Waals surface area (Å²) in [5.74, 6) is 0.616. The van der Waals surface area contributed by atoms with Gasteiger partial charge < -0.3 is 5.32 Å². The summed E-state index contributed by atoms with van der Waals surface area (Å²) in [6, 6.07) is 0. The van der Waals surface area contributed by atoms with Gasteiger partial charge in [-0.1, -0.05) is 25.7 Å². The fraction of sp³-hybridized carbons (Fsp3) is 0.923. The Kier molecular flexibility index (Phi) is 4.84. The summed E-state index contributed by atoms with van der Waals surface area (Å²) < 4.78 is 26.0. The van der Waals surface area contributed by atoms with Gasteiger partial charge >= 0.3 is 0 Å². The maximum Gasteiger partial charge on any atom is 0.224 e. The number of amides is 1. The van der Waals surface area contributed by atoms with Gasteiger partial charge in [-0.05, 0) is 18.8 Å². The highest BCUT2D eigenvalue weighted by molar-refractivity contribution is 7.89. The minimum atomic E-state index is -3.17. The van der Waals surface area contributed by atoms with Crippen LogP contribution < -0.4 is 5.32 Å². The van der Waals surface area contributed by atoms with Crippen LogP contribution in [0, 0.1) is 11.8 Å². The van der Waals surface area contributed by atoms with Gasteiger partial charge in [0, 0.05) is 20.1 Å². The Morgan fingerprint density at radius 3 is 2.58 bits per heavy atom. The van der Waals surface area contributed by atoms with E-state index in [1.165, 1.54) is 30.0 Å². The lowest BCUT2D eigenvalue weighted by molar-refractivity contribution is -0.123. The smallest absolute Gasteiger partial charge is 0.224 e. The standard InChI is InChI=1S/C13H24N2O3S/c1-14-13(16)12-6-8-15(10-12)19(17,18)9-7-11-4-2-3-5-11/h11-12H,2-10H2,1H3,(H,14,16)/t12-/m0/s1. The fourth-order valence-corrected chi connectivity index (χ4v) is 4.82. The van der Waals surface area contributed by atoms with E-state index in [4.69, 9.17) is 0 Å². The molecule has 1 heterocycles. The lowest BCUT2D eigenvalue weighted by Gasteiger charge is -2.17. The Morgan fingerprint density at radius 2 is 1.95 bits per heavy atom. The lowest BCUT2D eigenvalue weighted by Crippen LogP contribution is -2.34. The highest BCUT2D eigenvalue weighted by atomic mass is 32.2. The third-order valence-corrected chi connectivity index (χ3v) is 6.29. The van der Waals surface area contributed by atoms with Gasteiger partial charge in [-0.15, -0.1) is 0 Å². The van der Waals surface area contributed by atoms with E-state index >= 15 is 0 Å². The van der Waals surface area contributed by atoms with E-state index in [9.17, 15) is 13.2 Å². The second-order valence-electron chi connectivity index (χ2n) is 5.71. The molecular formula is C13H24N2O3S. The Balaban J connectivity index is 1.84. The molecule has 1 aliphatic heterocycles. The van der Waals surface area contributed by atoms with Crippen LogP contribution in [0.25, 0.3) is 0 Å². The molecule has 1 saturated carbocycles. The summed E-state index contributed by atoms with van der Waals surface area (Å²) in [6.45, 7) is 0.845. The summed E-state index contributed by atoms with van der Waals surface area (Å²) in [4.78, 5) is 11.5. The van der Waals surface area contributed by atoms with Crippen molar-refractivity contribution in [3.8, 4) is 0 Å². The largest absolute Gasteiger partial charge is 0.359 e. The first kappa shape index (κ1) is 14.8. The molecule has 0 radical (unpaired) electrons. The van der Waals surface area contributed by atoms with Crippen LogP contribution in [0.5, 0.6) is 0 Å². The van der Waals surface area contributed by atoms with Crippen LogP contribution in [-0.2, 0) is 14.8 Å². The van der Waals surface area contributed by atoms with Crippen LogP contribution in [0.1, 0.15) is 38.5 Å². The number of hydrogen-bond donors (Lipinski definition) is 1. The number of hydrogen-bond acceptors (Lipinski definition) is 3. The van der Waals surface area contributed by atoms with E-state index < -0.39 is 10.0 Å². The number of rotatable bonds is 5. The molecule has 0 aromatic heterocycles. The fourth-order valence-electron chi connectivity index (χ4n) is 3.14. The lowest BCUT2D eigenvalue weighted by atomic mass is 10.1. The zero-order valence-electron chi connectivity index (χ0n) is 11.6. The Labute approximate surface area is 115 Å². The van der Waals surface area contributed by atoms with E-state index in [1.54, 1.807) is 7.05 Å². The molecule has 0 bridgehead atoms. The SMILES string of the molecule is CNC(=O)[C@H]1CCN(S(=O)(=O)CCC2CCCC2)C1. The van der Waals surface area contributed by atoms with Crippen molar-refractivity contribution in [2.45, 2.75) is 38.5 Å². The van der Waals surface area contributed by atoms with E-state index in [2.05, 4.69) is 5.32 Å². The molecular weight excluding hydrogens is 264 g/mol. The Morgan fingerprint density at radius 1 is 1.26 bits per heavy atom. The molecule has 2 rings (SSSR count). The van der Waals surface area contributed by atoms with Crippen LogP contribution in [-0.4, -0.2) is 44.5 Å². The van der Waals surface area contributed by atoms with Gasteiger partial charge in [-0.25, -0.2) is 12.7 Å². The quantitative estimate of drug-likeness (QED) is 0.819. The number of nitrogens with one attached hydrogen (secondary N) is 1. The predicted octanol–water partition coefficient (Wildman–Crippen LogP) is 0.964. The van der Waals surface area contributed by atoms with E-state index in [1.807, 2.05) is 0 Å². The molecule has 5 nitrogen and oxygen atoms in total. The first-order valence-electron chi connectivity index (χ1n) is 7.22. The van der Waals surface area contributed by atoms with Gasteiger partial charge in [0.25, 0.3) is 0 Å². The van der Waals surface area contributed by atoms with Crippen molar-refractivity contribution < 1.29 is 13.2 Å². The maximum atomic E-state index is 12.2. The number of carbonyl (C=O) groups is 1. The van der Waals surface area contributed by atoms with Crippen molar-refractivity contribution >= 4 is 15.9 Å². The van der Waals surface area contributed by atoms with Crippen LogP contribution in [0.2, 0.25) is 0 Å². The minimum Gasteiger partial charge on any atom is -0.359 e. The normalized spacial score (nSPS) is 25.8. The number of sulfonamides is 1. The molecule has 2 fully saturated rings. The molecule has 1 atom stereocenters. The maximum absolute atomic E-state index is 12.2. The minimum absolute atomic E-state index is 0.0477. The predicted molar refractivity (Wildman–Crippen MR) is 74.1 cm³/mol. The van der Waals surface area contributed by atoms with Crippen molar-refractivity contribution in [1.82, 2.24) is 9.62 Å². The van der Waals surface area contributed by atoms with E-state index in [-0.39, 0.29) is 17.6 Å². The van der Waals surface area contributed by atoms with E-state index in [0.29, 0.717) is 25.4 Å². The molecule has 1 aliphatic carbocycles. The van der Waals surface area contributed by atoms with Crippen molar-refractivity contribution in [2.24, 2.45) is 11.8 Å². The van der Waals surface area contributed by atoms with Crippen LogP contribution in [0.4, 0.5) is 0 Å². The van der Waals surface area contributed by atoms with E-state index in [0.717, 1.165) is 6.42 Å². The molecule has 6 heteroatoms. The molecule has 0 aromatic carbocycles. The summed E-state index contributed by atoms with van der Waals surface area (Å²) in [5, 5.41) is 2.60. The first-order chi connectivity index (χ1) is 9.03. The average Bonchev–Trinajstić information content (AvgIpc) is 3.06. The van der Waals surface area contributed by atoms with Gasteiger partial charge in [0.2, 0.25) is 15.9 Å². The van der Waals surface area contributed by atoms with Crippen LogP contribution in [0.15, 0.2) is 0 Å². The van der Waals surface area contributed by atoms with Crippen molar-refractivity contribution in [3.63, 3.8) is 0 Å². The van der Waals surface area contributed by atoms with Crippen molar-refractivity contribution in [2.75, 3.05) is 25.9 Å². The zero-order chi connectivity index (χ0) is 13.9. The van der Waals surface area contributed by atoms with Crippen LogP contribution >= 0.6 is 0 Å². The van der Waals surface area contributed by atoms with Crippen molar-refractivity contribution in [3.05, 3.63) is 0 Å². The van der Waals surface area contributed by atoms with Crippen LogP contribution in [0.3, 0.4) is 0 Å².